The van der Waals surface area contributed by atoms with Crippen LogP contribution in [0.2, 0.25) is 0 Å². The third-order valence-corrected chi connectivity index (χ3v) is 3.89. The van der Waals surface area contributed by atoms with Crippen LogP contribution in [-0.2, 0) is 11.1 Å². The van der Waals surface area contributed by atoms with Crippen LogP contribution in [0.4, 0.5) is 0 Å². The minimum absolute atomic E-state index is 0.424. The summed E-state index contributed by atoms with van der Waals surface area (Å²) in [4.78, 5) is 1.02. The van der Waals surface area contributed by atoms with Crippen LogP contribution >= 0.6 is 11.3 Å². The van der Waals surface area contributed by atoms with Crippen LogP contribution < -0.4 is 4.78 Å². The minimum atomic E-state index is -0.920. The highest BCUT2D eigenvalue weighted by molar-refractivity contribution is 7.21. The van der Waals surface area contributed by atoms with Crippen molar-refractivity contribution in [2.75, 3.05) is 0 Å². The molecular weight excluding hydrogens is 233 g/mol. The predicted octanol–water partition coefficient (Wildman–Crippen LogP) is 1.62. The molecule has 1 N–H and O–H groups in total. The Labute approximate surface area is 107 Å². The minimum Gasteiger partial charge on any atom is -0.426 e. The Hall–Kier alpha value is -0.825. The molecule has 0 aliphatic carbocycles. The second-order valence-electron chi connectivity index (χ2n) is 4.94. The summed E-state index contributed by atoms with van der Waals surface area (Å²) in [5.74, 6) is 0. The maximum atomic E-state index is 9.93. The Kier molecular flexibility index (Phi) is 4.37. The van der Waals surface area contributed by atoms with Gasteiger partial charge in [-0.3, -0.25) is 0 Å². The van der Waals surface area contributed by atoms with E-state index in [2.05, 4.69) is 6.07 Å². The molecule has 0 saturated heterocycles. The molecule has 17 heavy (non-hydrogen) atoms. The first-order chi connectivity index (χ1) is 7.76. The van der Waals surface area contributed by atoms with Crippen molar-refractivity contribution in [2.45, 2.75) is 45.3 Å². The molecule has 0 bridgehead atoms. The number of nitriles is 1. The van der Waals surface area contributed by atoms with E-state index in [-0.39, 0.29) is 0 Å². The van der Waals surface area contributed by atoms with Crippen molar-refractivity contribution < 1.29 is 9.76 Å². The summed E-state index contributed by atoms with van der Waals surface area (Å²) in [6, 6.07) is 5.94. The average molecular weight is 250 g/mol. The van der Waals surface area contributed by atoms with Gasteiger partial charge in [-0.05, 0) is 38.5 Å². The van der Waals surface area contributed by atoms with E-state index in [4.69, 9.17) is 9.92 Å². The van der Waals surface area contributed by atoms with Gasteiger partial charge < -0.3 is 9.76 Å². The molecule has 0 unspecified atom stereocenters. The van der Waals surface area contributed by atoms with Crippen LogP contribution in [-0.4, -0.2) is 23.8 Å². The first-order valence-electron chi connectivity index (χ1n) is 5.45. The van der Waals surface area contributed by atoms with Gasteiger partial charge in [-0.15, -0.1) is 0 Å². The highest BCUT2D eigenvalue weighted by Gasteiger charge is 2.35. The lowest BCUT2D eigenvalue weighted by Crippen LogP contribution is -2.49. The van der Waals surface area contributed by atoms with Crippen LogP contribution in [0, 0.1) is 11.3 Å². The standard InChI is InChI=1S/C12H17BNO2S/c1-11(2,15)12(3,4)16-13-10-6-5-9(17-10)7-8-14/h5-6,15H,7H2,1-4H3. The summed E-state index contributed by atoms with van der Waals surface area (Å²) >= 11 is 1.52. The molecule has 1 rings (SSSR count). The van der Waals surface area contributed by atoms with Gasteiger partial charge in [0.1, 0.15) is 0 Å². The molecule has 0 aliphatic heterocycles. The lowest BCUT2D eigenvalue weighted by Gasteiger charge is -2.37. The average Bonchev–Trinajstić information content (AvgIpc) is 2.62. The number of aliphatic hydroxyl groups is 1. The fourth-order valence-corrected chi connectivity index (χ4v) is 1.79. The Bertz CT molecular complexity index is 415. The molecule has 1 radical (unpaired) electrons. The number of nitrogens with zero attached hydrogens (tertiary/aromatic N) is 1. The summed E-state index contributed by atoms with van der Waals surface area (Å²) in [5, 5.41) is 18.5. The molecule has 3 nitrogen and oxygen atoms in total. The molecule has 91 valence electrons. The maximum absolute atomic E-state index is 9.93. The molecule has 0 amide bonds. The van der Waals surface area contributed by atoms with Crippen molar-refractivity contribution in [3.63, 3.8) is 0 Å². The van der Waals surface area contributed by atoms with Crippen LogP contribution in [0.3, 0.4) is 0 Å². The van der Waals surface area contributed by atoms with Gasteiger partial charge in [0.25, 0.3) is 0 Å². The van der Waals surface area contributed by atoms with Crippen molar-refractivity contribution in [1.82, 2.24) is 0 Å². The van der Waals surface area contributed by atoms with Crippen molar-refractivity contribution in [2.24, 2.45) is 0 Å². The first kappa shape index (κ1) is 14.2. The molecule has 0 saturated carbocycles. The van der Waals surface area contributed by atoms with Crippen LogP contribution in [0.5, 0.6) is 0 Å². The van der Waals surface area contributed by atoms with E-state index in [1.807, 2.05) is 26.0 Å². The monoisotopic (exact) mass is 250 g/mol. The zero-order chi connectivity index (χ0) is 13.1. The normalized spacial score (nSPS) is 12.2. The lowest BCUT2D eigenvalue weighted by molar-refractivity contribution is -0.0892. The maximum Gasteiger partial charge on any atom is 0.341 e. The predicted molar refractivity (Wildman–Crippen MR) is 70.5 cm³/mol. The molecule has 0 atom stereocenters. The molecule has 1 aromatic rings. The van der Waals surface area contributed by atoms with Crippen molar-refractivity contribution >= 4 is 23.6 Å². The smallest absolute Gasteiger partial charge is 0.341 e. The second-order valence-corrected chi connectivity index (χ2v) is 6.14. The van der Waals surface area contributed by atoms with Crippen molar-refractivity contribution in [3.05, 3.63) is 17.0 Å². The third kappa shape index (κ3) is 3.84. The summed E-state index contributed by atoms with van der Waals surface area (Å²) in [6.07, 6.45) is 0.424. The van der Waals surface area contributed by atoms with E-state index in [1.54, 1.807) is 21.3 Å². The quantitative estimate of drug-likeness (QED) is 0.808. The molecule has 0 aromatic carbocycles. The van der Waals surface area contributed by atoms with E-state index in [0.717, 1.165) is 9.65 Å². The highest BCUT2D eigenvalue weighted by atomic mass is 32.1. The van der Waals surface area contributed by atoms with Gasteiger partial charge in [-0.2, -0.15) is 16.6 Å². The summed E-state index contributed by atoms with van der Waals surface area (Å²) in [7, 11) is 1.64. The van der Waals surface area contributed by atoms with E-state index in [1.165, 1.54) is 11.3 Å². The molecule has 1 heterocycles. The fourth-order valence-electron chi connectivity index (χ4n) is 0.980. The van der Waals surface area contributed by atoms with E-state index >= 15 is 0 Å². The largest absolute Gasteiger partial charge is 0.426 e. The van der Waals surface area contributed by atoms with Gasteiger partial charge in [0.05, 0.1) is 23.7 Å². The van der Waals surface area contributed by atoms with E-state index < -0.39 is 11.2 Å². The second kappa shape index (κ2) is 5.22. The number of hydrogen-bond donors (Lipinski definition) is 1. The van der Waals surface area contributed by atoms with Gasteiger partial charge in [0.15, 0.2) is 0 Å². The number of rotatable bonds is 5. The molecule has 0 fully saturated rings. The van der Waals surface area contributed by atoms with Crippen molar-refractivity contribution in [3.8, 4) is 6.07 Å². The molecule has 0 aliphatic rings. The zero-order valence-electron chi connectivity index (χ0n) is 10.7. The summed E-state index contributed by atoms with van der Waals surface area (Å²) in [6.45, 7) is 7.12. The van der Waals surface area contributed by atoms with Gasteiger partial charge in [0, 0.05) is 4.88 Å². The van der Waals surface area contributed by atoms with E-state index in [0.29, 0.717) is 6.42 Å². The molecule has 5 heteroatoms. The fraction of sp³-hybridized carbons (Fsp3) is 0.583. The summed E-state index contributed by atoms with van der Waals surface area (Å²) in [5.41, 5.74) is -1.58. The van der Waals surface area contributed by atoms with Crippen molar-refractivity contribution in [1.29, 1.82) is 5.26 Å². The highest BCUT2D eigenvalue weighted by Crippen LogP contribution is 2.24. The molecular formula is C12H17BNO2S. The van der Waals surface area contributed by atoms with Gasteiger partial charge in [-0.1, -0.05) is 6.07 Å². The molecule has 0 spiro atoms. The number of hydrogen-bond acceptors (Lipinski definition) is 4. The lowest BCUT2D eigenvalue weighted by atomic mass is 9.86. The Morgan fingerprint density at radius 3 is 2.59 bits per heavy atom. The zero-order valence-corrected chi connectivity index (χ0v) is 11.5. The van der Waals surface area contributed by atoms with Crippen LogP contribution in [0.25, 0.3) is 0 Å². The van der Waals surface area contributed by atoms with Crippen LogP contribution in [0.15, 0.2) is 12.1 Å². The van der Waals surface area contributed by atoms with Gasteiger partial charge in [0.2, 0.25) is 0 Å². The Morgan fingerprint density at radius 2 is 2.06 bits per heavy atom. The topological polar surface area (TPSA) is 53.2 Å². The SMILES string of the molecule is CC(C)(O)C(C)(C)O[B]c1ccc(CC#N)s1. The van der Waals surface area contributed by atoms with E-state index in [9.17, 15) is 5.11 Å². The van der Waals surface area contributed by atoms with Gasteiger partial charge >= 0.3 is 7.48 Å². The number of thiophene rings is 1. The Morgan fingerprint density at radius 1 is 1.41 bits per heavy atom. The van der Waals surface area contributed by atoms with Gasteiger partial charge in [-0.25, -0.2) is 0 Å². The first-order valence-corrected chi connectivity index (χ1v) is 6.27. The molecule has 1 aromatic heterocycles. The van der Waals surface area contributed by atoms with Crippen LogP contribution in [0.1, 0.15) is 32.6 Å². The third-order valence-electron chi connectivity index (χ3n) is 2.88. The summed E-state index contributed by atoms with van der Waals surface area (Å²) < 4.78 is 6.58. The Balaban J connectivity index is 2.59.